The summed E-state index contributed by atoms with van der Waals surface area (Å²) in [5, 5.41) is 2.94. The van der Waals surface area contributed by atoms with Crippen LogP contribution in [0.25, 0.3) is 11.1 Å². The van der Waals surface area contributed by atoms with E-state index in [4.69, 9.17) is 4.42 Å². The van der Waals surface area contributed by atoms with Gasteiger partial charge in [-0.15, -0.1) is 0 Å². The van der Waals surface area contributed by atoms with Crippen molar-refractivity contribution < 1.29 is 18.8 Å². The molecule has 1 aromatic heterocycles. The van der Waals surface area contributed by atoms with E-state index in [1.165, 1.54) is 9.47 Å². The SMILES string of the molecule is C=C(C)CN1C(=O)N[C@](CC)(C2CCN(C(=O)Cn3c(=O)oc4ccccc43)CC2)C1=O. The van der Waals surface area contributed by atoms with Gasteiger partial charge in [-0.3, -0.25) is 19.1 Å². The maximum Gasteiger partial charge on any atom is 0.420 e. The number of aromatic nitrogens is 1. The quantitative estimate of drug-likeness (QED) is 0.547. The Balaban J connectivity index is 1.44. The molecule has 2 aliphatic heterocycles. The number of piperidine rings is 1. The van der Waals surface area contributed by atoms with Crippen LogP contribution >= 0.6 is 0 Å². The molecular formula is C23H28N4O5. The van der Waals surface area contributed by atoms with E-state index in [0.29, 0.717) is 43.5 Å². The minimum Gasteiger partial charge on any atom is -0.408 e. The van der Waals surface area contributed by atoms with Gasteiger partial charge in [-0.05, 0) is 44.2 Å². The topological polar surface area (TPSA) is 105 Å². The number of para-hydroxylation sites is 2. The summed E-state index contributed by atoms with van der Waals surface area (Å²) in [4.78, 5) is 53.7. The minimum atomic E-state index is -0.945. The number of amides is 4. The predicted octanol–water partition coefficient (Wildman–Crippen LogP) is 2.11. The predicted molar refractivity (Wildman–Crippen MR) is 118 cm³/mol. The maximum atomic E-state index is 13.2. The van der Waals surface area contributed by atoms with Gasteiger partial charge in [0, 0.05) is 13.1 Å². The third-order valence-electron chi connectivity index (χ3n) is 6.60. The molecule has 2 aliphatic rings. The van der Waals surface area contributed by atoms with Crippen molar-refractivity contribution in [2.24, 2.45) is 5.92 Å². The highest BCUT2D eigenvalue weighted by Gasteiger charge is 2.54. The van der Waals surface area contributed by atoms with Crippen LogP contribution in [-0.4, -0.2) is 57.4 Å². The van der Waals surface area contributed by atoms with E-state index in [0.717, 1.165) is 5.57 Å². The van der Waals surface area contributed by atoms with Crippen LogP contribution in [0.3, 0.4) is 0 Å². The van der Waals surface area contributed by atoms with Crippen LogP contribution in [0.2, 0.25) is 0 Å². The van der Waals surface area contributed by atoms with E-state index >= 15 is 0 Å². The molecule has 0 aliphatic carbocycles. The first kappa shape index (κ1) is 21.9. The number of carbonyl (C=O) groups is 3. The summed E-state index contributed by atoms with van der Waals surface area (Å²) >= 11 is 0. The molecule has 2 saturated heterocycles. The average Bonchev–Trinajstić information content (AvgIpc) is 3.22. The second-order valence-electron chi connectivity index (χ2n) is 8.68. The van der Waals surface area contributed by atoms with Crippen molar-refractivity contribution in [3.05, 3.63) is 47.0 Å². The molecule has 9 heteroatoms. The van der Waals surface area contributed by atoms with Crippen molar-refractivity contribution in [2.75, 3.05) is 19.6 Å². The van der Waals surface area contributed by atoms with Crippen LogP contribution in [0.1, 0.15) is 33.1 Å². The Morgan fingerprint density at radius 2 is 1.88 bits per heavy atom. The van der Waals surface area contributed by atoms with Gasteiger partial charge in [0.05, 0.1) is 12.1 Å². The number of urea groups is 1. The Labute approximate surface area is 185 Å². The fraction of sp³-hybridized carbons (Fsp3) is 0.478. The summed E-state index contributed by atoms with van der Waals surface area (Å²) in [7, 11) is 0. The number of fused-ring (bicyclic) bond motifs is 1. The zero-order valence-corrected chi connectivity index (χ0v) is 18.4. The highest BCUT2D eigenvalue weighted by molar-refractivity contribution is 6.07. The number of hydrogen-bond donors (Lipinski definition) is 1. The van der Waals surface area contributed by atoms with Crippen molar-refractivity contribution in [3.63, 3.8) is 0 Å². The van der Waals surface area contributed by atoms with Crippen molar-refractivity contribution in [1.82, 2.24) is 19.7 Å². The number of carbonyl (C=O) groups excluding carboxylic acids is 3. The molecule has 2 aromatic rings. The second-order valence-corrected chi connectivity index (χ2v) is 8.68. The minimum absolute atomic E-state index is 0.0689. The highest BCUT2D eigenvalue weighted by atomic mass is 16.4. The Hall–Kier alpha value is -3.36. The fourth-order valence-corrected chi connectivity index (χ4v) is 4.88. The molecule has 0 radical (unpaired) electrons. The van der Waals surface area contributed by atoms with Crippen LogP contribution in [0.5, 0.6) is 0 Å². The zero-order chi connectivity index (χ0) is 23.0. The fourth-order valence-electron chi connectivity index (χ4n) is 4.88. The molecule has 1 atom stereocenters. The number of rotatable bonds is 6. The Bertz CT molecular complexity index is 1140. The normalized spacial score (nSPS) is 21.9. The Morgan fingerprint density at radius 3 is 2.53 bits per heavy atom. The molecule has 0 unspecified atom stereocenters. The van der Waals surface area contributed by atoms with E-state index in [-0.39, 0.29) is 36.9 Å². The third kappa shape index (κ3) is 3.61. The molecule has 9 nitrogen and oxygen atoms in total. The number of imide groups is 1. The summed E-state index contributed by atoms with van der Waals surface area (Å²) in [6, 6.07) is 6.61. The lowest BCUT2D eigenvalue weighted by molar-refractivity contribution is -0.136. The van der Waals surface area contributed by atoms with Crippen LogP contribution in [0, 0.1) is 5.92 Å². The van der Waals surface area contributed by atoms with Crippen LogP contribution in [-0.2, 0) is 16.1 Å². The van der Waals surface area contributed by atoms with Crippen molar-refractivity contribution in [3.8, 4) is 0 Å². The first-order valence-electron chi connectivity index (χ1n) is 10.9. The van der Waals surface area contributed by atoms with E-state index in [9.17, 15) is 19.2 Å². The molecule has 0 bridgehead atoms. The molecular weight excluding hydrogens is 412 g/mol. The number of nitrogens with one attached hydrogen (secondary N) is 1. The van der Waals surface area contributed by atoms with Crippen molar-refractivity contribution in [2.45, 2.75) is 45.2 Å². The number of benzene rings is 1. The number of hydrogen-bond acceptors (Lipinski definition) is 5. The largest absolute Gasteiger partial charge is 0.420 e. The molecule has 0 saturated carbocycles. The first-order valence-corrected chi connectivity index (χ1v) is 10.9. The average molecular weight is 441 g/mol. The molecule has 1 aromatic carbocycles. The second kappa shape index (κ2) is 8.29. The Morgan fingerprint density at radius 1 is 1.19 bits per heavy atom. The van der Waals surface area contributed by atoms with Crippen molar-refractivity contribution >= 4 is 28.9 Å². The molecule has 0 spiro atoms. The van der Waals surface area contributed by atoms with Gasteiger partial charge in [0.15, 0.2) is 5.58 Å². The molecule has 32 heavy (non-hydrogen) atoms. The van der Waals surface area contributed by atoms with E-state index in [1.807, 2.05) is 6.92 Å². The molecule has 3 heterocycles. The van der Waals surface area contributed by atoms with Gasteiger partial charge in [0.2, 0.25) is 5.91 Å². The van der Waals surface area contributed by atoms with Crippen molar-refractivity contribution in [1.29, 1.82) is 0 Å². The number of likely N-dealkylation sites (tertiary alicyclic amines) is 1. The summed E-state index contributed by atoms with van der Waals surface area (Å²) < 4.78 is 6.55. The standard InChI is InChI=1S/C23H28N4O5/c1-4-23(20(29)27(13-15(2)3)21(30)24-23)16-9-11-25(12-10-16)19(28)14-26-17-7-5-6-8-18(17)32-22(26)31/h5-8,16H,2,4,9-14H2,1,3H3,(H,24,30)/t23-/m1/s1. The molecule has 4 rings (SSSR count). The maximum absolute atomic E-state index is 13.2. The molecule has 2 fully saturated rings. The summed E-state index contributed by atoms with van der Waals surface area (Å²) in [6.45, 7) is 8.52. The van der Waals surface area contributed by atoms with Gasteiger partial charge in [-0.1, -0.05) is 31.2 Å². The number of oxazole rings is 1. The molecule has 1 N–H and O–H groups in total. The summed E-state index contributed by atoms with van der Waals surface area (Å²) in [5.41, 5.74) is 0.827. The third-order valence-corrected chi connectivity index (χ3v) is 6.60. The highest BCUT2D eigenvalue weighted by Crippen LogP contribution is 2.36. The smallest absolute Gasteiger partial charge is 0.408 e. The van der Waals surface area contributed by atoms with Gasteiger partial charge in [0.25, 0.3) is 5.91 Å². The summed E-state index contributed by atoms with van der Waals surface area (Å²) in [5.74, 6) is -1.01. The lowest BCUT2D eigenvalue weighted by atomic mass is 9.75. The monoisotopic (exact) mass is 440 g/mol. The van der Waals surface area contributed by atoms with Gasteiger partial charge in [-0.25, -0.2) is 9.59 Å². The molecule has 4 amide bonds. The summed E-state index contributed by atoms with van der Waals surface area (Å²) in [6.07, 6.45) is 1.67. The lowest BCUT2D eigenvalue weighted by Gasteiger charge is -2.40. The van der Waals surface area contributed by atoms with Crippen LogP contribution in [0.4, 0.5) is 4.79 Å². The lowest BCUT2D eigenvalue weighted by Crippen LogP contribution is -2.56. The molecule has 170 valence electrons. The number of nitrogens with zero attached hydrogens (tertiary/aromatic N) is 3. The van der Waals surface area contributed by atoms with E-state index in [1.54, 1.807) is 36.1 Å². The zero-order valence-electron chi connectivity index (χ0n) is 18.4. The van der Waals surface area contributed by atoms with Gasteiger partial charge < -0.3 is 14.6 Å². The Kier molecular flexibility index (Phi) is 5.66. The van der Waals surface area contributed by atoms with Crippen LogP contribution < -0.4 is 11.1 Å². The first-order chi connectivity index (χ1) is 15.3. The van der Waals surface area contributed by atoms with E-state index in [2.05, 4.69) is 11.9 Å². The van der Waals surface area contributed by atoms with Crippen LogP contribution in [0.15, 0.2) is 45.6 Å². The van der Waals surface area contributed by atoms with E-state index < -0.39 is 11.3 Å². The van der Waals surface area contributed by atoms with Gasteiger partial charge in [-0.2, -0.15) is 0 Å². The van der Waals surface area contributed by atoms with Gasteiger partial charge in [0.1, 0.15) is 12.1 Å². The van der Waals surface area contributed by atoms with Gasteiger partial charge >= 0.3 is 11.8 Å².